The van der Waals surface area contributed by atoms with Gasteiger partial charge in [-0.25, -0.2) is 0 Å². The molecular weight excluding hydrogens is 314 g/mol. The van der Waals surface area contributed by atoms with Crippen LogP contribution in [-0.4, -0.2) is 38.0 Å². The molecule has 136 valence electrons. The van der Waals surface area contributed by atoms with Crippen molar-refractivity contribution in [1.82, 2.24) is 10.5 Å². The molecule has 25 heavy (non-hydrogen) atoms. The molecular formula is C20H29N3O2. The van der Waals surface area contributed by atoms with Crippen molar-refractivity contribution in [2.75, 3.05) is 31.7 Å². The highest BCUT2D eigenvalue weighted by Crippen LogP contribution is 2.34. The topological polar surface area (TPSA) is 50.5 Å². The Morgan fingerprint density at radius 1 is 1.28 bits per heavy atom. The van der Waals surface area contributed by atoms with Gasteiger partial charge >= 0.3 is 0 Å². The van der Waals surface area contributed by atoms with Crippen molar-refractivity contribution < 1.29 is 9.26 Å². The molecule has 1 N–H and O–H groups in total. The molecule has 0 saturated carbocycles. The van der Waals surface area contributed by atoms with Crippen LogP contribution in [-0.2, 0) is 11.3 Å². The molecule has 0 amide bonds. The summed E-state index contributed by atoms with van der Waals surface area (Å²) in [7, 11) is 1.74. The first-order valence-corrected chi connectivity index (χ1v) is 9.31. The Morgan fingerprint density at radius 2 is 2.12 bits per heavy atom. The third-order valence-electron chi connectivity index (χ3n) is 4.88. The summed E-state index contributed by atoms with van der Waals surface area (Å²) in [5.74, 6) is 0.935. The van der Waals surface area contributed by atoms with Crippen LogP contribution in [0.15, 0.2) is 34.9 Å². The number of aromatic nitrogens is 1. The first-order valence-electron chi connectivity index (χ1n) is 9.31. The van der Waals surface area contributed by atoms with E-state index in [9.17, 15) is 0 Å². The highest BCUT2D eigenvalue weighted by atomic mass is 16.5. The highest BCUT2D eigenvalue weighted by Gasteiger charge is 2.27. The smallest absolute Gasteiger partial charge is 0.232 e. The molecule has 1 fully saturated rings. The van der Waals surface area contributed by atoms with Crippen LogP contribution in [0.5, 0.6) is 0 Å². The fraction of sp³-hybridized carbons (Fsp3) is 0.550. The second-order valence-corrected chi connectivity index (χ2v) is 6.74. The van der Waals surface area contributed by atoms with Gasteiger partial charge in [-0.1, -0.05) is 35.5 Å². The summed E-state index contributed by atoms with van der Waals surface area (Å²) in [5, 5.41) is 7.95. The van der Waals surface area contributed by atoms with Crippen LogP contribution in [0.3, 0.4) is 0 Å². The third kappa shape index (κ3) is 4.41. The number of nitrogens with zero attached hydrogens (tertiary/aromatic N) is 2. The van der Waals surface area contributed by atoms with E-state index in [1.54, 1.807) is 7.11 Å². The lowest BCUT2D eigenvalue weighted by atomic mass is 10.0. The Kier molecular flexibility index (Phi) is 6.48. The largest absolute Gasteiger partial charge is 0.385 e. The maximum absolute atomic E-state index is 5.85. The number of piperidine rings is 1. The normalized spacial score (nSPS) is 17.8. The fourth-order valence-electron chi connectivity index (χ4n) is 3.46. The predicted octanol–water partition coefficient (Wildman–Crippen LogP) is 3.85. The molecule has 0 bridgehead atoms. The minimum absolute atomic E-state index is 0.498. The average molecular weight is 343 g/mol. The molecule has 1 aromatic heterocycles. The van der Waals surface area contributed by atoms with Gasteiger partial charge in [0.15, 0.2) is 0 Å². The fourth-order valence-corrected chi connectivity index (χ4v) is 3.46. The lowest BCUT2D eigenvalue weighted by Crippen LogP contribution is -2.38. The van der Waals surface area contributed by atoms with Crippen LogP contribution in [0.25, 0.3) is 11.3 Å². The Morgan fingerprint density at radius 3 is 2.88 bits per heavy atom. The Hall–Kier alpha value is -1.85. The van der Waals surface area contributed by atoms with Crippen molar-refractivity contribution in [3.05, 3.63) is 35.9 Å². The SMILES string of the molecule is COCCCNCc1c(-c2ccccc2)noc1N1CCCCC1C. The second kappa shape index (κ2) is 9.02. The van der Waals surface area contributed by atoms with Crippen LogP contribution in [0.4, 0.5) is 5.88 Å². The second-order valence-electron chi connectivity index (χ2n) is 6.74. The molecule has 5 heteroatoms. The summed E-state index contributed by atoms with van der Waals surface area (Å²) in [5.41, 5.74) is 3.22. The number of ether oxygens (including phenoxy) is 1. The zero-order valence-electron chi connectivity index (χ0n) is 15.3. The molecule has 3 rings (SSSR count). The maximum atomic E-state index is 5.85. The van der Waals surface area contributed by atoms with Crippen LogP contribution in [0.2, 0.25) is 0 Å². The zero-order chi connectivity index (χ0) is 17.5. The zero-order valence-corrected chi connectivity index (χ0v) is 15.3. The monoisotopic (exact) mass is 343 g/mol. The van der Waals surface area contributed by atoms with Gasteiger partial charge in [0.2, 0.25) is 5.88 Å². The van der Waals surface area contributed by atoms with E-state index in [0.717, 1.165) is 55.4 Å². The predicted molar refractivity (Wildman–Crippen MR) is 101 cm³/mol. The number of rotatable bonds is 8. The minimum Gasteiger partial charge on any atom is -0.385 e. The first-order chi connectivity index (χ1) is 12.3. The summed E-state index contributed by atoms with van der Waals surface area (Å²) < 4.78 is 11.0. The first kappa shape index (κ1) is 18.0. The summed E-state index contributed by atoms with van der Waals surface area (Å²) in [6, 6.07) is 10.8. The molecule has 0 radical (unpaired) electrons. The van der Waals surface area contributed by atoms with E-state index in [2.05, 4.69) is 34.4 Å². The third-order valence-corrected chi connectivity index (χ3v) is 4.88. The molecule has 1 unspecified atom stereocenters. The van der Waals surface area contributed by atoms with Crippen LogP contribution >= 0.6 is 0 Å². The van der Waals surface area contributed by atoms with Gasteiger partial charge in [-0.2, -0.15) is 0 Å². The molecule has 1 atom stereocenters. The Balaban J connectivity index is 1.83. The lowest BCUT2D eigenvalue weighted by Gasteiger charge is -2.33. The molecule has 5 nitrogen and oxygen atoms in total. The summed E-state index contributed by atoms with van der Waals surface area (Å²) >= 11 is 0. The van der Waals surface area contributed by atoms with Crippen molar-refractivity contribution in [2.24, 2.45) is 0 Å². The Labute approximate surface area is 150 Å². The molecule has 1 saturated heterocycles. The van der Waals surface area contributed by atoms with Crippen molar-refractivity contribution in [3.63, 3.8) is 0 Å². The lowest BCUT2D eigenvalue weighted by molar-refractivity contribution is 0.194. The summed E-state index contributed by atoms with van der Waals surface area (Å²) in [4.78, 5) is 2.38. The molecule has 1 aliphatic rings. The van der Waals surface area contributed by atoms with Gasteiger partial charge in [0.25, 0.3) is 0 Å². The summed E-state index contributed by atoms with van der Waals surface area (Å²) in [6.07, 6.45) is 4.72. The maximum Gasteiger partial charge on any atom is 0.232 e. The van der Waals surface area contributed by atoms with E-state index in [0.29, 0.717) is 6.04 Å². The number of benzene rings is 1. The number of methoxy groups -OCH3 is 1. The number of hydrogen-bond acceptors (Lipinski definition) is 5. The highest BCUT2D eigenvalue weighted by molar-refractivity contribution is 5.68. The molecule has 1 aliphatic heterocycles. The molecule has 0 spiro atoms. The molecule has 2 heterocycles. The van der Waals surface area contributed by atoms with Gasteiger partial charge in [-0.3, -0.25) is 0 Å². The standard InChI is InChI=1S/C20H29N3O2/c1-16-9-6-7-13-23(16)20-18(15-21-12-8-14-24-2)19(22-25-20)17-10-4-3-5-11-17/h3-5,10-11,16,21H,6-9,12-15H2,1-2H3. The molecule has 1 aromatic carbocycles. The van der Waals surface area contributed by atoms with E-state index in [1.165, 1.54) is 19.3 Å². The van der Waals surface area contributed by atoms with Crippen molar-refractivity contribution in [2.45, 2.75) is 45.2 Å². The van der Waals surface area contributed by atoms with Crippen molar-refractivity contribution in [1.29, 1.82) is 0 Å². The Bertz CT molecular complexity index is 642. The summed E-state index contributed by atoms with van der Waals surface area (Å²) in [6.45, 7) is 5.78. The van der Waals surface area contributed by atoms with Gasteiger partial charge in [0.05, 0.1) is 5.56 Å². The van der Waals surface area contributed by atoms with Gasteiger partial charge in [0.1, 0.15) is 5.69 Å². The van der Waals surface area contributed by atoms with Gasteiger partial charge in [0, 0.05) is 38.4 Å². The van der Waals surface area contributed by atoms with E-state index in [-0.39, 0.29) is 0 Å². The van der Waals surface area contributed by atoms with E-state index >= 15 is 0 Å². The van der Waals surface area contributed by atoms with Gasteiger partial charge in [-0.05, 0) is 39.2 Å². The molecule has 0 aliphatic carbocycles. The number of nitrogens with one attached hydrogen (secondary N) is 1. The van der Waals surface area contributed by atoms with Crippen molar-refractivity contribution >= 4 is 5.88 Å². The minimum atomic E-state index is 0.498. The van der Waals surface area contributed by atoms with Crippen LogP contribution in [0.1, 0.15) is 38.2 Å². The van der Waals surface area contributed by atoms with E-state index in [1.807, 2.05) is 18.2 Å². The van der Waals surface area contributed by atoms with Crippen LogP contribution < -0.4 is 10.2 Å². The van der Waals surface area contributed by atoms with E-state index in [4.69, 9.17) is 9.26 Å². The average Bonchev–Trinajstić information content (AvgIpc) is 3.06. The van der Waals surface area contributed by atoms with Gasteiger partial charge in [-0.15, -0.1) is 0 Å². The van der Waals surface area contributed by atoms with Gasteiger partial charge < -0.3 is 19.5 Å². The number of hydrogen-bond donors (Lipinski definition) is 1. The molecule has 2 aromatic rings. The van der Waals surface area contributed by atoms with E-state index < -0.39 is 0 Å². The quantitative estimate of drug-likeness (QED) is 0.738. The van der Waals surface area contributed by atoms with Crippen LogP contribution in [0, 0.1) is 0 Å². The van der Waals surface area contributed by atoms with Crippen molar-refractivity contribution in [3.8, 4) is 11.3 Å². The number of anilines is 1.